The first-order chi connectivity index (χ1) is 12.2. The minimum atomic E-state index is -0.0472. The third kappa shape index (κ3) is 4.15. The summed E-state index contributed by atoms with van der Waals surface area (Å²) in [5.41, 5.74) is 2.54. The number of carbonyl (C=O) groups excluding carboxylic acids is 2. The molecule has 2 heterocycles. The lowest BCUT2D eigenvalue weighted by Gasteiger charge is -2.32. The number of carbonyl (C=O) groups is 2. The van der Waals surface area contributed by atoms with E-state index in [0.717, 1.165) is 12.1 Å². The molecule has 25 heavy (non-hydrogen) atoms. The summed E-state index contributed by atoms with van der Waals surface area (Å²) >= 11 is 0. The van der Waals surface area contributed by atoms with E-state index in [1.807, 2.05) is 24.3 Å². The van der Waals surface area contributed by atoms with Crippen LogP contribution in [-0.4, -0.2) is 53.3 Å². The van der Waals surface area contributed by atoms with Crippen LogP contribution in [0.5, 0.6) is 0 Å². The van der Waals surface area contributed by atoms with Crippen LogP contribution in [-0.2, 0) is 4.79 Å². The molecule has 1 atom stereocenters. The molecule has 0 saturated carbocycles. The van der Waals surface area contributed by atoms with Crippen LogP contribution in [0.3, 0.4) is 0 Å². The Morgan fingerprint density at radius 1 is 1.16 bits per heavy atom. The molecule has 0 radical (unpaired) electrons. The van der Waals surface area contributed by atoms with Gasteiger partial charge in [-0.15, -0.1) is 0 Å². The Hall–Kier alpha value is -2.89. The number of hydrogen-bond donors (Lipinski definition) is 1. The normalized spacial score (nSPS) is 15.6. The Balaban J connectivity index is 1.67. The number of aromatic nitrogens is 1. The largest absolute Gasteiger partial charge is 0.377 e. The summed E-state index contributed by atoms with van der Waals surface area (Å²) in [5, 5.41) is 3.38. The maximum absolute atomic E-state index is 12.7. The first-order valence-electron chi connectivity index (χ1n) is 8.42. The van der Waals surface area contributed by atoms with Gasteiger partial charge in [0, 0.05) is 44.6 Å². The fourth-order valence-corrected chi connectivity index (χ4v) is 2.92. The fraction of sp³-hybridized carbons (Fsp3) is 0.316. The van der Waals surface area contributed by atoms with Crippen LogP contribution >= 0.6 is 0 Å². The Labute approximate surface area is 147 Å². The molecule has 1 fully saturated rings. The van der Waals surface area contributed by atoms with Crippen molar-refractivity contribution in [3.8, 4) is 0 Å². The van der Waals surface area contributed by atoms with Gasteiger partial charge in [0.1, 0.15) is 0 Å². The van der Waals surface area contributed by atoms with Gasteiger partial charge >= 0.3 is 0 Å². The molecular weight excluding hydrogens is 316 g/mol. The van der Waals surface area contributed by atoms with Gasteiger partial charge in [-0.3, -0.25) is 14.6 Å². The lowest BCUT2D eigenvalue weighted by Crippen LogP contribution is -2.48. The van der Waals surface area contributed by atoms with E-state index in [4.69, 9.17) is 0 Å². The van der Waals surface area contributed by atoms with Crippen LogP contribution in [0.15, 0.2) is 48.8 Å². The SMILES string of the molecule is CC(Nc1cncc(C(=O)N2CCN(C=O)CC2)c1)c1ccccc1. The van der Waals surface area contributed by atoms with Gasteiger partial charge in [-0.1, -0.05) is 30.3 Å². The Morgan fingerprint density at radius 3 is 2.56 bits per heavy atom. The van der Waals surface area contributed by atoms with Gasteiger partial charge in [0.05, 0.1) is 11.3 Å². The van der Waals surface area contributed by atoms with Gasteiger partial charge in [-0.2, -0.15) is 0 Å². The summed E-state index contributed by atoms with van der Waals surface area (Å²) in [5.74, 6) is -0.0472. The molecule has 1 saturated heterocycles. The molecule has 0 bridgehead atoms. The lowest BCUT2D eigenvalue weighted by molar-refractivity contribution is -0.119. The maximum atomic E-state index is 12.7. The van der Waals surface area contributed by atoms with Crippen molar-refractivity contribution in [3.05, 3.63) is 59.9 Å². The van der Waals surface area contributed by atoms with E-state index in [0.29, 0.717) is 31.7 Å². The average Bonchev–Trinajstić information content (AvgIpc) is 2.68. The number of pyridine rings is 1. The highest BCUT2D eigenvalue weighted by atomic mass is 16.2. The molecule has 1 aliphatic rings. The number of piperazine rings is 1. The van der Waals surface area contributed by atoms with Crippen LogP contribution in [0.4, 0.5) is 5.69 Å². The number of hydrogen-bond acceptors (Lipinski definition) is 4. The van der Waals surface area contributed by atoms with Crippen molar-refractivity contribution in [1.29, 1.82) is 0 Å². The van der Waals surface area contributed by atoms with Gasteiger partial charge in [-0.05, 0) is 18.6 Å². The monoisotopic (exact) mass is 338 g/mol. The molecule has 0 aliphatic carbocycles. The van der Waals surface area contributed by atoms with Crippen molar-refractivity contribution in [2.24, 2.45) is 0 Å². The third-order valence-corrected chi connectivity index (χ3v) is 4.42. The summed E-state index contributed by atoms with van der Waals surface area (Å²) in [6, 6.07) is 12.1. The Bertz CT molecular complexity index is 727. The van der Waals surface area contributed by atoms with E-state index in [9.17, 15) is 9.59 Å². The second-order valence-electron chi connectivity index (χ2n) is 6.17. The molecule has 1 aromatic heterocycles. The quantitative estimate of drug-likeness (QED) is 0.849. The van der Waals surface area contributed by atoms with E-state index < -0.39 is 0 Å². The molecule has 130 valence electrons. The summed E-state index contributed by atoms with van der Waals surface area (Å²) in [7, 11) is 0. The number of amides is 2. The van der Waals surface area contributed by atoms with Gasteiger partial charge in [0.25, 0.3) is 5.91 Å². The first-order valence-corrected chi connectivity index (χ1v) is 8.42. The van der Waals surface area contributed by atoms with Gasteiger partial charge in [-0.25, -0.2) is 0 Å². The first kappa shape index (κ1) is 17.0. The number of nitrogens with zero attached hydrogens (tertiary/aromatic N) is 3. The molecule has 2 amide bonds. The van der Waals surface area contributed by atoms with Gasteiger partial charge < -0.3 is 15.1 Å². The summed E-state index contributed by atoms with van der Waals surface area (Å²) in [4.78, 5) is 31.1. The van der Waals surface area contributed by atoms with E-state index >= 15 is 0 Å². The zero-order valence-corrected chi connectivity index (χ0v) is 14.3. The standard InChI is InChI=1S/C19H22N4O2/c1-15(16-5-3-2-4-6-16)21-18-11-17(12-20-13-18)19(25)23-9-7-22(14-24)8-10-23/h2-6,11-15,21H,7-10H2,1H3. The minimum absolute atomic E-state index is 0.0472. The van der Waals surface area contributed by atoms with Gasteiger partial charge in [0.2, 0.25) is 6.41 Å². The predicted octanol–water partition coefficient (Wildman–Crippen LogP) is 2.17. The van der Waals surface area contributed by atoms with Crippen molar-refractivity contribution >= 4 is 18.0 Å². The number of benzene rings is 1. The number of anilines is 1. The molecule has 3 rings (SSSR count). The number of nitrogens with one attached hydrogen (secondary N) is 1. The molecule has 1 aliphatic heterocycles. The van der Waals surface area contributed by atoms with Crippen LogP contribution in [0.25, 0.3) is 0 Å². The maximum Gasteiger partial charge on any atom is 0.255 e. The zero-order chi connectivity index (χ0) is 17.6. The lowest BCUT2D eigenvalue weighted by atomic mass is 10.1. The Morgan fingerprint density at radius 2 is 1.88 bits per heavy atom. The van der Waals surface area contributed by atoms with Crippen LogP contribution in [0.2, 0.25) is 0 Å². The van der Waals surface area contributed by atoms with Crippen molar-refractivity contribution in [3.63, 3.8) is 0 Å². The molecule has 2 aromatic rings. The molecule has 1 N–H and O–H groups in total. The summed E-state index contributed by atoms with van der Waals surface area (Å²) < 4.78 is 0. The second kappa shape index (κ2) is 7.79. The molecule has 6 heteroatoms. The highest BCUT2D eigenvalue weighted by molar-refractivity contribution is 5.94. The van der Waals surface area contributed by atoms with E-state index in [-0.39, 0.29) is 11.9 Å². The summed E-state index contributed by atoms with van der Waals surface area (Å²) in [6.45, 7) is 4.32. The third-order valence-electron chi connectivity index (χ3n) is 4.42. The van der Waals surface area contributed by atoms with Crippen molar-refractivity contribution in [2.75, 3.05) is 31.5 Å². The smallest absolute Gasteiger partial charge is 0.255 e. The van der Waals surface area contributed by atoms with Crippen molar-refractivity contribution < 1.29 is 9.59 Å². The molecule has 1 unspecified atom stereocenters. The minimum Gasteiger partial charge on any atom is -0.377 e. The zero-order valence-electron chi connectivity index (χ0n) is 14.3. The summed E-state index contributed by atoms with van der Waals surface area (Å²) in [6.07, 6.45) is 4.15. The molecule has 0 spiro atoms. The topological polar surface area (TPSA) is 65.5 Å². The van der Waals surface area contributed by atoms with E-state index in [1.54, 1.807) is 22.2 Å². The van der Waals surface area contributed by atoms with Crippen LogP contribution in [0.1, 0.15) is 28.9 Å². The molecular formula is C19H22N4O2. The van der Waals surface area contributed by atoms with E-state index in [1.165, 1.54) is 5.56 Å². The Kier molecular flexibility index (Phi) is 5.28. The number of rotatable bonds is 5. The molecule has 1 aromatic carbocycles. The highest BCUT2D eigenvalue weighted by Crippen LogP contribution is 2.19. The molecule has 6 nitrogen and oxygen atoms in total. The second-order valence-corrected chi connectivity index (χ2v) is 6.17. The van der Waals surface area contributed by atoms with Crippen molar-refractivity contribution in [1.82, 2.24) is 14.8 Å². The predicted molar refractivity (Wildman–Crippen MR) is 96.3 cm³/mol. The fourth-order valence-electron chi connectivity index (χ4n) is 2.92. The average molecular weight is 338 g/mol. The highest BCUT2D eigenvalue weighted by Gasteiger charge is 2.21. The van der Waals surface area contributed by atoms with Crippen molar-refractivity contribution in [2.45, 2.75) is 13.0 Å². The van der Waals surface area contributed by atoms with Gasteiger partial charge in [0.15, 0.2) is 0 Å². The van der Waals surface area contributed by atoms with Crippen LogP contribution in [0, 0.1) is 0 Å². The van der Waals surface area contributed by atoms with Crippen LogP contribution < -0.4 is 5.32 Å². The van der Waals surface area contributed by atoms with E-state index in [2.05, 4.69) is 29.4 Å².